The van der Waals surface area contributed by atoms with Crippen LogP contribution >= 0.6 is 11.8 Å². The van der Waals surface area contributed by atoms with Crippen molar-refractivity contribution >= 4 is 17.7 Å². The molecule has 0 radical (unpaired) electrons. The summed E-state index contributed by atoms with van der Waals surface area (Å²) in [7, 11) is 0. The average Bonchev–Trinajstić information content (AvgIpc) is 2.89. The van der Waals surface area contributed by atoms with Gasteiger partial charge in [-0.15, -0.1) is 0 Å². The molecule has 1 amide bonds. The van der Waals surface area contributed by atoms with Gasteiger partial charge in [-0.25, -0.2) is 4.98 Å². The molecule has 0 saturated heterocycles. The third-order valence-corrected chi connectivity index (χ3v) is 4.48. The van der Waals surface area contributed by atoms with Crippen molar-refractivity contribution in [2.45, 2.75) is 38.4 Å². The van der Waals surface area contributed by atoms with Crippen LogP contribution in [0.1, 0.15) is 37.0 Å². The second kappa shape index (κ2) is 6.23. The third kappa shape index (κ3) is 3.00. The topological polar surface area (TPSA) is 64.0 Å². The highest BCUT2D eigenvalue weighted by Gasteiger charge is 2.20. The minimum absolute atomic E-state index is 0.150. The molecule has 1 aromatic rings. The highest BCUT2D eigenvalue weighted by Crippen LogP contribution is 2.20. The van der Waals surface area contributed by atoms with Crippen LogP contribution in [0.2, 0.25) is 0 Å². The van der Waals surface area contributed by atoms with E-state index in [-0.39, 0.29) is 17.0 Å². The van der Waals surface area contributed by atoms with Crippen LogP contribution in [0.25, 0.3) is 0 Å². The lowest BCUT2D eigenvalue weighted by Gasteiger charge is -2.13. The predicted octanol–water partition coefficient (Wildman–Crippen LogP) is 1.51. The molecule has 2 rings (SSSR count). The number of fused-ring (bicyclic) bond motifs is 1. The fourth-order valence-corrected chi connectivity index (χ4v) is 3.00. The molecule has 1 aliphatic rings. The second-order valence-corrected chi connectivity index (χ2v) is 5.71. The average molecular weight is 281 g/mol. The van der Waals surface area contributed by atoms with E-state index in [1.165, 1.54) is 6.20 Å². The number of hydrogen-bond donors (Lipinski definition) is 1. The maximum absolute atomic E-state index is 12.1. The summed E-state index contributed by atoms with van der Waals surface area (Å²) in [4.78, 5) is 28.3. The molecule has 19 heavy (non-hydrogen) atoms. The Morgan fingerprint density at radius 1 is 1.53 bits per heavy atom. The standard InChI is InChI=1S/C13H19N3O2S/c1-3-9(4-2)7-14-11(17)10-8-15-13-16(12(10)18)5-6-19-13/h8-9H,3-7H2,1-2H3,(H,14,17). The van der Waals surface area contributed by atoms with E-state index in [1.807, 2.05) is 0 Å². The van der Waals surface area contributed by atoms with Crippen LogP contribution in [0.15, 0.2) is 16.1 Å². The van der Waals surface area contributed by atoms with E-state index in [2.05, 4.69) is 24.1 Å². The summed E-state index contributed by atoms with van der Waals surface area (Å²) in [6.07, 6.45) is 3.44. The van der Waals surface area contributed by atoms with Crippen LogP contribution in [0.3, 0.4) is 0 Å². The number of nitrogens with one attached hydrogen (secondary N) is 1. The highest BCUT2D eigenvalue weighted by atomic mass is 32.2. The number of amides is 1. The predicted molar refractivity (Wildman–Crippen MR) is 75.6 cm³/mol. The Morgan fingerprint density at radius 2 is 2.26 bits per heavy atom. The minimum atomic E-state index is -0.309. The first-order valence-electron chi connectivity index (χ1n) is 6.68. The van der Waals surface area contributed by atoms with Gasteiger partial charge >= 0.3 is 0 Å². The smallest absolute Gasteiger partial charge is 0.267 e. The minimum Gasteiger partial charge on any atom is -0.352 e. The summed E-state index contributed by atoms with van der Waals surface area (Å²) in [5.74, 6) is 1.00. The van der Waals surface area contributed by atoms with Crippen LogP contribution in [0.4, 0.5) is 0 Å². The summed E-state index contributed by atoms with van der Waals surface area (Å²) >= 11 is 1.55. The fraction of sp³-hybridized carbons (Fsp3) is 0.615. The van der Waals surface area contributed by atoms with Crippen molar-refractivity contribution in [2.24, 2.45) is 5.92 Å². The molecule has 0 aliphatic carbocycles. The van der Waals surface area contributed by atoms with Gasteiger partial charge < -0.3 is 5.32 Å². The fourth-order valence-electron chi connectivity index (χ4n) is 2.08. The SMILES string of the molecule is CCC(CC)CNC(=O)c1cnc2n(c1=O)CCS2. The first-order chi connectivity index (χ1) is 9.17. The van der Waals surface area contributed by atoms with Crippen LogP contribution < -0.4 is 10.9 Å². The Hall–Kier alpha value is -1.30. The number of rotatable bonds is 5. The molecule has 6 heteroatoms. The first kappa shape index (κ1) is 14.1. The summed E-state index contributed by atoms with van der Waals surface area (Å²) in [6, 6.07) is 0. The van der Waals surface area contributed by atoms with Gasteiger partial charge in [0, 0.05) is 25.0 Å². The molecule has 0 fully saturated rings. The Labute approximate surface area is 116 Å². The monoisotopic (exact) mass is 281 g/mol. The van der Waals surface area contributed by atoms with Gasteiger partial charge in [-0.2, -0.15) is 0 Å². The quantitative estimate of drug-likeness (QED) is 0.831. The zero-order chi connectivity index (χ0) is 13.8. The lowest BCUT2D eigenvalue weighted by molar-refractivity contribution is 0.0943. The van der Waals surface area contributed by atoms with Crippen molar-refractivity contribution < 1.29 is 4.79 Å². The van der Waals surface area contributed by atoms with E-state index in [9.17, 15) is 9.59 Å². The van der Waals surface area contributed by atoms with Crippen molar-refractivity contribution in [3.05, 3.63) is 22.1 Å². The normalized spacial score (nSPS) is 13.6. The lowest BCUT2D eigenvalue weighted by atomic mass is 10.0. The summed E-state index contributed by atoms with van der Waals surface area (Å²) in [5, 5.41) is 3.54. The van der Waals surface area contributed by atoms with Gasteiger partial charge in [0.15, 0.2) is 5.16 Å². The summed E-state index contributed by atoms with van der Waals surface area (Å²) in [6.45, 7) is 5.45. The molecule has 1 aromatic heterocycles. The molecule has 0 bridgehead atoms. The van der Waals surface area contributed by atoms with E-state index < -0.39 is 0 Å². The van der Waals surface area contributed by atoms with E-state index in [1.54, 1.807) is 16.3 Å². The van der Waals surface area contributed by atoms with Crippen molar-refractivity contribution in [2.75, 3.05) is 12.3 Å². The zero-order valence-corrected chi connectivity index (χ0v) is 12.1. The Kier molecular flexibility index (Phi) is 4.63. The van der Waals surface area contributed by atoms with Gasteiger partial charge in [0.05, 0.1) is 0 Å². The number of thioether (sulfide) groups is 1. The maximum atomic E-state index is 12.1. The Balaban J connectivity index is 2.10. The molecule has 1 N–H and O–H groups in total. The van der Waals surface area contributed by atoms with Crippen LogP contribution in [0.5, 0.6) is 0 Å². The van der Waals surface area contributed by atoms with E-state index in [4.69, 9.17) is 0 Å². The molecule has 2 heterocycles. The van der Waals surface area contributed by atoms with Gasteiger partial charge in [0.25, 0.3) is 11.5 Å². The number of nitrogens with zero attached hydrogens (tertiary/aromatic N) is 2. The Morgan fingerprint density at radius 3 is 2.95 bits per heavy atom. The number of carbonyl (C=O) groups is 1. The first-order valence-corrected chi connectivity index (χ1v) is 7.66. The molecule has 0 unspecified atom stereocenters. The summed E-state index contributed by atoms with van der Waals surface area (Å²) in [5.41, 5.74) is -0.0748. The molecule has 0 spiro atoms. The van der Waals surface area contributed by atoms with Crippen molar-refractivity contribution in [1.29, 1.82) is 0 Å². The number of hydrogen-bond acceptors (Lipinski definition) is 4. The van der Waals surface area contributed by atoms with Crippen molar-refractivity contribution in [3.8, 4) is 0 Å². The van der Waals surface area contributed by atoms with Gasteiger partial charge in [-0.1, -0.05) is 38.5 Å². The lowest BCUT2D eigenvalue weighted by Crippen LogP contribution is -2.35. The van der Waals surface area contributed by atoms with Crippen LogP contribution in [-0.2, 0) is 6.54 Å². The van der Waals surface area contributed by atoms with Crippen molar-refractivity contribution in [1.82, 2.24) is 14.9 Å². The van der Waals surface area contributed by atoms with Crippen LogP contribution in [-0.4, -0.2) is 27.8 Å². The van der Waals surface area contributed by atoms with Gasteiger partial charge in [0.2, 0.25) is 0 Å². The molecular formula is C13H19N3O2S. The highest BCUT2D eigenvalue weighted by molar-refractivity contribution is 7.99. The van der Waals surface area contributed by atoms with E-state index >= 15 is 0 Å². The number of carbonyl (C=O) groups excluding carboxylic acids is 1. The molecule has 1 aliphatic heterocycles. The largest absolute Gasteiger partial charge is 0.352 e. The summed E-state index contributed by atoms with van der Waals surface area (Å²) < 4.78 is 1.58. The van der Waals surface area contributed by atoms with E-state index in [0.29, 0.717) is 24.2 Å². The van der Waals surface area contributed by atoms with E-state index in [0.717, 1.165) is 18.6 Å². The van der Waals surface area contributed by atoms with Gasteiger partial charge in [-0.05, 0) is 5.92 Å². The van der Waals surface area contributed by atoms with Crippen molar-refractivity contribution in [3.63, 3.8) is 0 Å². The number of aromatic nitrogens is 2. The molecule has 5 nitrogen and oxygen atoms in total. The Bertz CT molecular complexity index is 523. The molecular weight excluding hydrogens is 262 g/mol. The molecule has 0 saturated carbocycles. The van der Waals surface area contributed by atoms with Gasteiger partial charge in [-0.3, -0.25) is 14.2 Å². The maximum Gasteiger partial charge on any atom is 0.267 e. The second-order valence-electron chi connectivity index (χ2n) is 4.65. The van der Waals surface area contributed by atoms with Gasteiger partial charge in [0.1, 0.15) is 5.56 Å². The molecule has 0 aromatic carbocycles. The van der Waals surface area contributed by atoms with Crippen LogP contribution in [0, 0.1) is 5.92 Å². The third-order valence-electron chi connectivity index (χ3n) is 3.51. The molecule has 104 valence electrons. The molecule has 0 atom stereocenters. The zero-order valence-electron chi connectivity index (χ0n) is 11.3.